The van der Waals surface area contributed by atoms with E-state index in [4.69, 9.17) is 9.88 Å². The van der Waals surface area contributed by atoms with E-state index in [1.165, 1.54) is 29.5 Å². The van der Waals surface area contributed by atoms with Crippen molar-refractivity contribution in [1.29, 1.82) is 0 Å². The number of thiazole rings is 1. The molecular formula is C17H13BrN2O4S2. The monoisotopic (exact) mass is 452 g/mol. The van der Waals surface area contributed by atoms with Gasteiger partial charge in [-0.15, -0.1) is 11.3 Å². The average Bonchev–Trinajstić information content (AvgIpc) is 3.09. The number of hydrogen-bond donors (Lipinski definition) is 1. The van der Waals surface area contributed by atoms with E-state index >= 15 is 0 Å². The molecule has 26 heavy (non-hydrogen) atoms. The number of rotatable bonds is 5. The van der Waals surface area contributed by atoms with Gasteiger partial charge >= 0.3 is 5.97 Å². The van der Waals surface area contributed by atoms with E-state index in [1.54, 1.807) is 0 Å². The fraction of sp³-hybridized carbons (Fsp3) is 0.0588. The van der Waals surface area contributed by atoms with Gasteiger partial charge in [0.2, 0.25) is 10.0 Å². The van der Waals surface area contributed by atoms with E-state index in [9.17, 15) is 13.2 Å². The Morgan fingerprint density at radius 3 is 2.62 bits per heavy atom. The quantitative estimate of drug-likeness (QED) is 0.596. The van der Waals surface area contributed by atoms with Gasteiger partial charge in [0.1, 0.15) is 11.6 Å². The fourth-order valence-corrected chi connectivity index (χ4v) is 3.90. The van der Waals surface area contributed by atoms with Crippen molar-refractivity contribution in [1.82, 2.24) is 4.98 Å². The third kappa shape index (κ3) is 4.36. The van der Waals surface area contributed by atoms with Crippen molar-refractivity contribution < 1.29 is 17.9 Å². The first kappa shape index (κ1) is 18.7. The minimum atomic E-state index is -3.91. The van der Waals surface area contributed by atoms with Gasteiger partial charge < -0.3 is 4.74 Å². The van der Waals surface area contributed by atoms with Crippen LogP contribution in [0, 0.1) is 0 Å². The summed E-state index contributed by atoms with van der Waals surface area (Å²) in [5.74, 6) is -0.670. The zero-order valence-electron chi connectivity index (χ0n) is 13.3. The Morgan fingerprint density at radius 2 is 1.92 bits per heavy atom. The highest BCUT2D eigenvalue weighted by Gasteiger charge is 2.17. The Hall–Kier alpha value is -2.07. The summed E-state index contributed by atoms with van der Waals surface area (Å²) in [5, 5.41) is 7.73. The van der Waals surface area contributed by atoms with Crippen molar-refractivity contribution >= 4 is 43.3 Å². The zero-order chi connectivity index (χ0) is 18.7. The molecule has 0 radical (unpaired) electrons. The number of halogens is 1. The maximum absolute atomic E-state index is 12.3. The summed E-state index contributed by atoms with van der Waals surface area (Å²) in [6.07, 6.45) is 0. The number of carbonyl (C=O) groups is 1. The maximum Gasteiger partial charge on any atom is 0.339 e. The van der Waals surface area contributed by atoms with Gasteiger partial charge in [0, 0.05) is 15.4 Å². The summed E-state index contributed by atoms with van der Waals surface area (Å²) in [4.78, 5) is 16.6. The standard InChI is InChI=1S/C17H13BrN2O4S2/c18-15-7-6-13(26(19,22)23)8-14(15)17(21)24-9-12-10-25-16(20-12)11-4-2-1-3-5-11/h1-8,10H,9H2,(H2,19,22,23). The van der Waals surface area contributed by atoms with Crippen molar-refractivity contribution in [3.05, 3.63) is 69.6 Å². The van der Waals surface area contributed by atoms with E-state index in [2.05, 4.69) is 20.9 Å². The molecule has 0 atom stereocenters. The highest BCUT2D eigenvalue weighted by atomic mass is 79.9. The van der Waals surface area contributed by atoms with E-state index in [-0.39, 0.29) is 17.1 Å². The average molecular weight is 453 g/mol. The van der Waals surface area contributed by atoms with Crippen molar-refractivity contribution in [2.45, 2.75) is 11.5 Å². The van der Waals surface area contributed by atoms with Gasteiger partial charge in [0.15, 0.2) is 0 Å². The third-order valence-corrected chi connectivity index (χ3v) is 5.95. The van der Waals surface area contributed by atoms with Crippen molar-refractivity contribution in [2.75, 3.05) is 0 Å². The van der Waals surface area contributed by atoms with E-state index < -0.39 is 16.0 Å². The SMILES string of the molecule is NS(=O)(=O)c1ccc(Br)c(C(=O)OCc2csc(-c3ccccc3)n2)c1. The first-order valence-electron chi connectivity index (χ1n) is 7.34. The smallest absolute Gasteiger partial charge is 0.339 e. The Bertz CT molecular complexity index is 1050. The number of nitrogens with zero attached hydrogens (tertiary/aromatic N) is 1. The first-order chi connectivity index (χ1) is 12.3. The molecular weight excluding hydrogens is 440 g/mol. The molecule has 0 saturated heterocycles. The second kappa shape index (κ2) is 7.67. The molecule has 2 N–H and O–H groups in total. The molecule has 1 heterocycles. The van der Waals surface area contributed by atoms with Crippen LogP contribution >= 0.6 is 27.3 Å². The van der Waals surface area contributed by atoms with Gasteiger partial charge in [-0.25, -0.2) is 23.3 Å². The number of sulfonamides is 1. The molecule has 3 aromatic rings. The Kier molecular flexibility index (Phi) is 5.52. The number of esters is 1. The lowest BCUT2D eigenvalue weighted by Crippen LogP contribution is -2.14. The van der Waals surface area contributed by atoms with Crippen molar-refractivity contribution in [2.24, 2.45) is 5.14 Å². The molecule has 0 aliphatic rings. The molecule has 0 aliphatic heterocycles. The van der Waals surface area contributed by atoms with Crippen LogP contribution in [0.4, 0.5) is 0 Å². The minimum Gasteiger partial charge on any atom is -0.456 e. The molecule has 6 nitrogen and oxygen atoms in total. The van der Waals surface area contributed by atoms with E-state index in [0.29, 0.717) is 10.2 Å². The van der Waals surface area contributed by atoms with Gasteiger partial charge in [-0.3, -0.25) is 0 Å². The number of nitrogens with two attached hydrogens (primary N) is 1. The van der Waals surface area contributed by atoms with Crippen LogP contribution in [-0.2, 0) is 21.4 Å². The van der Waals surface area contributed by atoms with Crippen molar-refractivity contribution in [3.63, 3.8) is 0 Å². The summed E-state index contributed by atoms with van der Waals surface area (Å²) in [7, 11) is -3.91. The first-order valence-corrected chi connectivity index (χ1v) is 10.6. The van der Waals surface area contributed by atoms with Crippen LogP contribution in [0.3, 0.4) is 0 Å². The summed E-state index contributed by atoms with van der Waals surface area (Å²) in [5.41, 5.74) is 1.68. The van der Waals surface area contributed by atoms with Gasteiger partial charge in [-0.2, -0.15) is 0 Å². The molecule has 0 spiro atoms. The Labute approximate surface area is 162 Å². The summed E-state index contributed by atoms with van der Waals surface area (Å²) >= 11 is 4.66. The maximum atomic E-state index is 12.3. The van der Waals surface area contributed by atoms with Crippen molar-refractivity contribution in [3.8, 4) is 10.6 Å². The predicted octanol–water partition coefficient (Wildman–Crippen LogP) is 3.58. The van der Waals surface area contributed by atoms with Crippen LogP contribution in [0.15, 0.2) is 63.3 Å². The highest BCUT2D eigenvalue weighted by Crippen LogP contribution is 2.25. The summed E-state index contributed by atoms with van der Waals surface area (Å²) in [6, 6.07) is 13.6. The molecule has 3 rings (SSSR count). The number of primary sulfonamides is 1. The van der Waals surface area contributed by atoms with E-state index in [1.807, 2.05) is 35.7 Å². The molecule has 0 bridgehead atoms. The van der Waals surface area contributed by atoms with Crippen LogP contribution in [0.5, 0.6) is 0 Å². The largest absolute Gasteiger partial charge is 0.456 e. The summed E-state index contributed by atoms with van der Waals surface area (Å²) in [6.45, 7) is -0.0196. The fourth-order valence-electron chi connectivity index (χ4n) is 2.14. The molecule has 1 aromatic heterocycles. The Morgan fingerprint density at radius 1 is 1.19 bits per heavy atom. The molecule has 2 aromatic carbocycles. The zero-order valence-corrected chi connectivity index (χ0v) is 16.5. The molecule has 0 unspecified atom stereocenters. The number of benzene rings is 2. The summed E-state index contributed by atoms with van der Waals surface area (Å²) < 4.78 is 28.5. The second-order valence-corrected chi connectivity index (χ2v) is 8.55. The molecule has 0 fully saturated rings. The lowest BCUT2D eigenvalue weighted by molar-refractivity contribution is 0.0467. The lowest BCUT2D eigenvalue weighted by Gasteiger charge is -2.07. The topological polar surface area (TPSA) is 99.4 Å². The van der Waals surface area contributed by atoms with Crippen LogP contribution in [0.25, 0.3) is 10.6 Å². The van der Waals surface area contributed by atoms with Gasteiger partial charge in [0.25, 0.3) is 0 Å². The highest BCUT2D eigenvalue weighted by molar-refractivity contribution is 9.10. The molecule has 0 saturated carbocycles. The number of aromatic nitrogens is 1. The number of hydrogen-bond acceptors (Lipinski definition) is 6. The predicted molar refractivity (Wildman–Crippen MR) is 102 cm³/mol. The van der Waals surface area contributed by atoms with Crippen LogP contribution < -0.4 is 5.14 Å². The molecule has 9 heteroatoms. The lowest BCUT2D eigenvalue weighted by atomic mass is 10.2. The molecule has 0 amide bonds. The van der Waals surface area contributed by atoms with Gasteiger partial charge in [0.05, 0.1) is 16.2 Å². The van der Waals surface area contributed by atoms with Crippen LogP contribution in [0.1, 0.15) is 16.1 Å². The van der Waals surface area contributed by atoms with Crippen LogP contribution in [-0.4, -0.2) is 19.4 Å². The number of ether oxygens (including phenoxy) is 1. The molecule has 134 valence electrons. The number of carbonyl (C=O) groups excluding carboxylic acids is 1. The van der Waals surface area contributed by atoms with Gasteiger partial charge in [-0.05, 0) is 34.1 Å². The minimum absolute atomic E-state index is 0.0196. The molecule has 0 aliphatic carbocycles. The normalized spacial score (nSPS) is 11.3. The Balaban J connectivity index is 1.73. The van der Waals surface area contributed by atoms with E-state index in [0.717, 1.165) is 10.6 Å². The second-order valence-electron chi connectivity index (χ2n) is 5.27. The van der Waals surface area contributed by atoms with Crippen LogP contribution in [0.2, 0.25) is 0 Å². The third-order valence-electron chi connectivity index (χ3n) is 3.41. The van der Waals surface area contributed by atoms with Gasteiger partial charge in [-0.1, -0.05) is 30.3 Å².